The molecule has 0 aromatic rings. The number of unbranched alkanes of at least 4 members (excludes halogenated alkanes) is 4. The molecule has 2 rings (SSSR count). The molecule has 20 heavy (non-hydrogen) atoms. The van der Waals surface area contributed by atoms with Gasteiger partial charge < -0.3 is 9.84 Å². The van der Waals surface area contributed by atoms with Crippen LogP contribution in [-0.4, -0.2) is 35.9 Å². The van der Waals surface area contributed by atoms with Crippen LogP contribution in [0.1, 0.15) is 64.7 Å². The number of hydrogen-bond donors (Lipinski definition) is 2. The molecule has 2 aliphatic carbocycles. The average Bonchev–Trinajstić information content (AvgIpc) is 3.27. The van der Waals surface area contributed by atoms with E-state index in [1.807, 2.05) is 0 Å². The van der Waals surface area contributed by atoms with E-state index in [4.69, 9.17) is 4.74 Å². The van der Waals surface area contributed by atoms with Crippen molar-refractivity contribution in [2.45, 2.75) is 76.3 Å². The van der Waals surface area contributed by atoms with Gasteiger partial charge in [0.1, 0.15) is 5.54 Å². The van der Waals surface area contributed by atoms with Gasteiger partial charge in [-0.05, 0) is 38.0 Å². The van der Waals surface area contributed by atoms with Gasteiger partial charge in [-0.15, -0.1) is 0 Å². The van der Waals surface area contributed by atoms with Gasteiger partial charge in [-0.3, -0.25) is 10.1 Å². The highest BCUT2D eigenvalue weighted by atomic mass is 16.5. The maximum atomic E-state index is 11.7. The fourth-order valence-corrected chi connectivity index (χ4v) is 2.78. The summed E-state index contributed by atoms with van der Waals surface area (Å²) >= 11 is 0. The number of hydrogen-bond acceptors (Lipinski definition) is 3. The zero-order chi connectivity index (χ0) is 14.4. The molecule has 0 amide bonds. The number of carboxylic acids is 1. The third-order valence-electron chi connectivity index (χ3n) is 4.42. The van der Waals surface area contributed by atoms with Gasteiger partial charge in [0.15, 0.2) is 0 Å². The van der Waals surface area contributed by atoms with Gasteiger partial charge in [-0.1, -0.05) is 32.6 Å². The molecule has 116 valence electrons. The third-order valence-corrected chi connectivity index (χ3v) is 4.42. The lowest BCUT2D eigenvalue weighted by molar-refractivity contribution is -0.149. The first-order valence-electron chi connectivity index (χ1n) is 8.28. The lowest BCUT2D eigenvalue weighted by Gasteiger charge is -2.30. The molecule has 2 aliphatic rings. The Morgan fingerprint density at radius 2 is 1.90 bits per heavy atom. The molecule has 0 aromatic heterocycles. The fraction of sp³-hybridized carbons (Fsp3) is 0.938. The summed E-state index contributed by atoms with van der Waals surface area (Å²) in [5.41, 5.74) is -0.815. The molecule has 4 nitrogen and oxygen atoms in total. The Labute approximate surface area is 122 Å². The molecule has 2 saturated carbocycles. The van der Waals surface area contributed by atoms with Crippen LogP contribution in [0, 0.1) is 5.92 Å². The fourth-order valence-electron chi connectivity index (χ4n) is 2.78. The number of carboxylic acid groups (broad SMARTS) is 1. The monoisotopic (exact) mass is 283 g/mol. The summed E-state index contributed by atoms with van der Waals surface area (Å²) in [4.78, 5) is 11.7. The summed E-state index contributed by atoms with van der Waals surface area (Å²) in [7, 11) is 0. The zero-order valence-corrected chi connectivity index (χ0v) is 12.7. The molecule has 2 fully saturated rings. The Morgan fingerprint density at radius 3 is 2.45 bits per heavy atom. The SMILES string of the molecule is CCCCCCCOCC(NC1CC1)(C(=O)O)C1CC1. The number of ether oxygens (including phenoxy) is 1. The Bertz CT molecular complexity index is 313. The standard InChI is InChI=1S/C16H29NO3/c1-2-3-4-5-6-11-20-12-16(15(18)19,13-7-8-13)17-14-9-10-14/h13-14,17H,2-12H2,1H3,(H,18,19). The van der Waals surface area contributed by atoms with Crippen LogP contribution in [-0.2, 0) is 9.53 Å². The highest BCUT2D eigenvalue weighted by molar-refractivity contribution is 5.80. The minimum Gasteiger partial charge on any atom is -0.480 e. The van der Waals surface area contributed by atoms with Crippen molar-refractivity contribution in [2.75, 3.05) is 13.2 Å². The summed E-state index contributed by atoms with van der Waals surface area (Å²) in [6, 6.07) is 0.403. The Kier molecular flexibility index (Phi) is 5.85. The average molecular weight is 283 g/mol. The largest absolute Gasteiger partial charge is 0.480 e. The van der Waals surface area contributed by atoms with Crippen molar-refractivity contribution in [3.8, 4) is 0 Å². The van der Waals surface area contributed by atoms with Crippen LogP contribution in [0.25, 0.3) is 0 Å². The molecule has 1 atom stereocenters. The Balaban J connectivity index is 1.71. The van der Waals surface area contributed by atoms with E-state index >= 15 is 0 Å². The lowest BCUT2D eigenvalue weighted by Crippen LogP contribution is -2.58. The van der Waals surface area contributed by atoms with E-state index in [-0.39, 0.29) is 5.92 Å². The van der Waals surface area contributed by atoms with Gasteiger partial charge >= 0.3 is 5.97 Å². The first-order valence-corrected chi connectivity index (χ1v) is 8.28. The Morgan fingerprint density at radius 1 is 1.20 bits per heavy atom. The first-order chi connectivity index (χ1) is 9.69. The highest BCUT2D eigenvalue weighted by Gasteiger charge is 2.53. The molecule has 0 aromatic carbocycles. The molecular weight excluding hydrogens is 254 g/mol. The first kappa shape index (κ1) is 15.8. The van der Waals surface area contributed by atoms with Crippen molar-refractivity contribution in [3.05, 3.63) is 0 Å². The van der Waals surface area contributed by atoms with Crippen LogP contribution in [0.5, 0.6) is 0 Å². The van der Waals surface area contributed by atoms with E-state index in [9.17, 15) is 9.90 Å². The minimum atomic E-state index is -0.815. The van der Waals surface area contributed by atoms with E-state index in [1.165, 1.54) is 25.7 Å². The molecule has 0 heterocycles. The molecule has 4 heteroatoms. The van der Waals surface area contributed by atoms with Gasteiger partial charge in [0, 0.05) is 12.6 Å². The molecule has 0 radical (unpaired) electrons. The summed E-state index contributed by atoms with van der Waals surface area (Å²) in [6.07, 6.45) is 10.3. The molecule has 2 N–H and O–H groups in total. The third kappa shape index (κ3) is 4.45. The van der Waals surface area contributed by atoms with Gasteiger partial charge in [0.2, 0.25) is 0 Å². The molecule has 0 aliphatic heterocycles. The van der Waals surface area contributed by atoms with E-state index in [0.29, 0.717) is 19.3 Å². The molecule has 0 spiro atoms. The van der Waals surface area contributed by atoms with Crippen molar-refractivity contribution in [2.24, 2.45) is 5.92 Å². The normalized spacial score (nSPS) is 21.6. The van der Waals surface area contributed by atoms with Crippen molar-refractivity contribution < 1.29 is 14.6 Å². The van der Waals surface area contributed by atoms with Crippen LogP contribution >= 0.6 is 0 Å². The molecule has 0 saturated heterocycles. The van der Waals surface area contributed by atoms with Crippen LogP contribution in [0.2, 0.25) is 0 Å². The molecule has 1 unspecified atom stereocenters. The smallest absolute Gasteiger partial charge is 0.326 e. The molecular formula is C16H29NO3. The maximum Gasteiger partial charge on any atom is 0.326 e. The zero-order valence-electron chi connectivity index (χ0n) is 12.7. The van der Waals surface area contributed by atoms with Gasteiger partial charge in [-0.25, -0.2) is 0 Å². The highest BCUT2D eigenvalue weighted by Crippen LogP contribution is 2.42. The quantitative estimate of drug-likeness (QED) is 0.541. The van der Waals surface area contributed by atoms with Crippen molar-refractivity contribution in [3.63, 3.8) is 0 Å². The van der Waals surface area contributed by atoms with E-state index in [1.54, 1.807) is 0 Å². The maximum absolute atomic E-state index is 11.7. The van der Waals surface area contributed by atoms with Crippen LogP contribution in [0.4, 0.5) is 0 Å². The predicted octanol–water partition coefficient (Wildman–Crippen LogP) is 2.96. The van der Waals surface area contributed by atoms with Crippen molar-refractivity contribution in [1.29, 1.82) is 0 Å². The second-order valence-corrected chi connectivity index (χ2v) is 6.44. The number of nitrogens with one attached hydrogen (secondary N) is 1. The van der Waals surface area contributed by atoms with Crippen LogP contribution in [0.3, 0.4) is 0 Å². The van der Waals surface area contributed by atoms with Crippen molar-refractivity contribution in [1.82, 2.24) is 5.32 Å². The summed E-state index contributed by atoms with van der Waals surface area (Å²) in [5.74, 6) is -0.460. The summed E-state index contributed by atoms with van der Waals surface area (Å²) in [5, 5.41) is 13.0. The van der Waals surface area contributed by atoms with E-state index in [2.05, 4.69) is 12.2 Å². The van der Waals surface area contributed by atoms with E-state index in [0.717, 1.165) is 32.1 Å². The summed E-state index contributed by atoms with van der Waals surface area (Å²) < 4.78 is 5.73. The lowest BCUT2D eigenvalue weighted by atomic mass is 9.94. The Hall–Kier alpha value is -0.610. The topological polar surface area (TPSA) is 58.6 Å². The second kappa shape index (κ2) is 7.41. The molecule has 0 bridgehead atoms. The van der Waals surface area contributed by atoms with Crippen molar-refractivity contribution >= 4 is 5.97 Å². The predicted molar refractivity (Wildman–Crippen MR) is 78.8 cm³/mol. The van der Waals surface area contributed by atoms with Gasteiger partial charge in [-0.2, -0.15) is 0 Å². The van der Waals surface area contributed by atoms with Crippen LogP contribution < -0.4 is 5.32 Å². The van der Waals surface area contributed by atoms with Gasteiger partial charge in [0.25, 0.3) is 0 Å². The minimum absolute atomic E-state index is 0.265. The number of carbonyl (C=O) groups is 1. The number of rotatable bonds is 12. The number of aliphatic carboxylic acids is 1. The van der Waals surface area contributed by atoms with Crippen LogP contribution in [0.15, 0.2) is 0 Å². The van der Waals surface area contributed by atoms with E-state index < -0.39 is 11.5 Å². The van der Waals surface area contributed by atoms with Gasteiger partial charge in [0.05, 0.1) is 6.61 Å². The second-order valence-electron chi connectivity index (χ2n) is 6.44. The summed E-state index contributed by atoms with van der Waals surface area (Å²) in [6.45, 7) is 3.23.